The monoisotopic (exact) mass is 354 g/mol. The number of anilines is 2. The second-order valence-electron chi connectivity index (χ2n) is 6.04. The van der Waals surface area contributed by atoms with Gasteiger partial charge in [0.25, 0.3) is 0 Å². The van der Waals surface area contributed by atoms with Gasteiger partial charge in [0.1, 0.15) is 11.9 Å². The van der Waals surface area contributed by atoms with Crippen molar-refractivity contribution in [1.29, 1.82) is 5.26 Å². The molecule has 2 aromatic rings. The van der Waals surface area contributed by atoms with Gasteiger partial charge < -0.3 is 20.7 Å². The van der Waals surface area contributed by atoms with Crippen molar-refractivity contribution >= 4 is 17.4 Å². The van der Waals surface area contributed by atoms with Gasteiger partial charge in [-0.25, -0.2) is 9.18 Å². The van der Waals surface area contributed by atoms with Crippen molar-refractivity contribution in [2.75, 3.05) is 24.3 Å². The third kappa shape index (κ3) is 4.10. The number of hydrogen-bond acceptors (Lipinski definition) is 4. The van der Waals surface area contributed by atoms with E-state index in [2.05, 4.69) is 16.0 Å². The third-order valence-corrected chi connectivity index (χ3v) is 4.26. The Kier molecular flexibility index (Phi) is 5.34. The molecule has 3 rings (SSSR count). The smallest absolute Gasteiger partial charge is 0.323 e. The lowest BCUT2D eigenvalue weighted by Crippen LogP contribution is -2.55. The van der Waals surface area contributed by atoms with Crippen LogP contribution < -0.4 is 20.7 Å². The Balaban J connectivity index is 1.60. The van der Waals surface area contributed by atoms with Crippen molar-refractivity contribution in [2.24, 2.45) is 0 Å². The Labute approximate surface area is 151 Å². The molecule has 2 amide bonds. The van der Waals surface area contributed by atoms with Crippen molar-refractivity contribution < 1.29 is 13.9 Å². The van der Waals surface area contributed by atoms with Crippen LogP contribution in [0.2, 0.25) is 0 Å². The Bertz CT molecular complexity index is 832. The summed E-state index contributed by atoms with van der Waals surface area (Å²) in [5.41, 5.74) is 2.44. The zero-order valence-electron chi connectivity index (χ0n) is 14.3. The van der Waals surface area contributed by atoms with Gasteiger partial charge in [-0.05, 0) is 42.3 Å². The molecule has 0 aliphatic carbocycles. The normalized spacial score (nSPS) is 18.3. The van der Waals surface area contributed by atoms with E-state index in [9.17, 15) is 9.18 Å². The number of ether oxygens (including phenoxy) is 1. The molecule has 1 fully saturated rings. The number of methoxy groups -OCH3 is 1. The van der Waals surface area contributed by atoms with Gasteiger partial charge in [-0.1, -0.05) is 12.1 Å². The molecule has 0 aromatic heterocycles. The molecule has 1 aliphatic heterocycles. The number of urea groups is 1. The predicted octanol–water partition coefficient (Wildman–Crippen LogP) is 3.06. The van der Waals surface area contributed by atoms with Gasteiger partial charge in [0.2, 0.25) is 0 Å². The van der Waals surface area contributed by atoms with Crippen LogP contribution in [0.3, 0.4) is 0 Å². The fourth-order valence-corrected chi connectivity index (χ4v) is 2.71. The van der Waals surface area contributed by atoms with Crippen molar-refractivity contribution in [2.45, 2.75) is 18.6 Å². The van der Waals surface area contributed by atoms with Crippen LogP contribution in [-0.4, -0.2) is 31.9 Å². The molecule has 0 saturated carbocycles. The van der Waals surface area contributed by atoms with Gasteiger partial charge >= 0.3 is 6.03 Å². The average molecular weight is 354 g/mol. The Morgan fingerprint density at radius 1 is 1.31 bits per heavy atom. The van der Waals surface area contributed by atoms with E-state index in [0.717, 1.165) is 5.56 Å². The molecule has 0 unspecified atom stereocenters. The van der Waals surface area contributed by atoms with Crippen LogP contribution in [0.4, 0.5) is 20.6 Å². The molecule has 7 heteroatoms. The summed E-state index contributed by atoms with van der Waals surface area (Å²) in [6.07, 6.45) is -0.177. The quantitative estimate of drug-likeness (QED) is 0.770. The fourth-order valence-electron chi connectivity index (χ4n) is 2.71. The average Bonchev–Trinajstić information content (AvgIpc) is 2.66. The van der Waals surface area contributed by atoms with E-state index in [-0.39, 0.29) is 6.04 Å². The number of amides is 2. The zero-order chi connectivity index (χ0) is 18.5. The van der Waals surface area contributed by atoms with Crippen molar-refractivity contribution in [1.82, 2.24) is 5.32 Å². The second kappa shape index (κ2) is 7.85. The minimum absolute atomic E-state index is 0.128. The van der Waals surface area contributed by atoms with Crippen LogP contribution >= 0.6 is 0 Å². The van der Waals surface area contributed by atoms with Gasteiger partial charge in [-0.3, -0.25) is 0 Å². The van der Waals surface area contributed by atoms with Crippen LogP contribution in [0, 0.1) is 11.3 Å². The van der Waals surface area contributed by atoms with Crippen molar-refractivity contribution in [3.05, 3.63) is 53.6 Å². The standard InChI is InChI=1S/C19H19FN4O2/c1-26-18-7-4-13(10-21)9-17(18)24-19(25)23-14-5-2-12(3-6-14)8-16-15(20)11-22-16/h2-7,9,15-16,22H,8,11H2,1H3,(H2,23,24,25)/t15-,16-/m0/s1. The number of alkyl halides is 1. The van der Waals surface area contributed by atoms with E-state index in [4.69, 9.17) is 10.00 Å². The number of rotatable bonds is 5. The zero-order valence-corrected chi connectivity index (χ0v) is 14.3. The number of nitrogens with zero attached hydrogens (tertiary/aromatic N) is 1. The van der Waals surface area contributed by atoms with Gasteiger partial charge in [0.15, 0.2) is 0 Å². The first-order chi connectivity index (χ1) is 12.6. The van der Waals surface area contributed by atoms with Gasteiger partial charge in [-0.2, -0.15) is 5.26 Å². The first-order valence-corrected chi connectivity index (χ1v) is 8.21. The topological polar surface area (TPSA) is 86.2 Å². The molecule has 26 heavy (non-hydrogen) atoms. The number of carbonyl (C=O) groups excluding carboxylic acids is 1. The highest BCUT2D eigenvalue weighted by Crippen LogP contribution is 2.25. The molecule has 2 atom stereocenters. The molecule has 1 heterocycles. The second-order valence-corrected chi connectivity index (χ2v) is 6.04. The number of benzene rings is 2. The summed E-state index contributed by atoms with van der Waals surface area (Å²) in [5, 5.41) is 17.4. The maximum atomic E-state index is 13.3. The summed E-state index contributed by atoms with van der Waals surface area (Å²) < 4.78 is 18.5. The lowest BCUT2D eigenvalue weighted by Gasteiger charge is -2.32. The Hall–Kier alpha value is -3.11. The van der Waals surface area contributed by atoms with Crippen molar-refractivity contribution in [3.8, 4) is 11.8 Å². The first kappa shape index (κ1) is 17.7. The maximum absolute atomic E-state index is 13.3. The van der Waals surface area contributed by atoms with Crippen LogP contribution in [0.1, 0.15) is 11.1 Å². The third-order valence-electron chi connectivity index (χ3n) is 4.26. The van der Waals surface area contributed by atoms with E-state index < -0.39 is 12.2 Å². The molecule has 0 spiro atoms. The predicted molar refractivity (Wildman–Crippen MR) is 97.2 cm³/mol. The molecular formula is C19H19FN4O2. The summed E-state index contributed by atoms with van der Waals surface area (Å²) in [6, 6.07) is 13.5. The molecule has 0 radical (unpaired) electrons. The maximum Gasteiger partial charge on any atom is 0.323 e. The summed E-state index contributed by atoms with van der Waals surface area (Å²) in [7, 11) is 1.49. The molecule has 3 N–H and O–H groups in total. The van der Waals surface area contributed by atoms with Gasteiger partial charge in [0, 0.05) is 18.3 Å². The minimum atomic E-state index is -0.794. The van der Waals surface area contributed by atoms with E-state index in [0.29, 0.717) is 35.7 Å². The van der Waals surface area contributed by atoms with Crippen molar-refractivity contribution in [3.63, 3.8) is 0 Å². The summed E-state index contributed by atoms with van der Waals surface area (Å²) in [4.78, 5) is 12.2. The summed E-state index contributed by atoms with van der Waals surface area (Å²) in [6.45, 7) is 0.418. The molecule has 1 saturated heterocycles. The van der Waals surface area contributed by atoms with E-state index >= 15 is 0 Å². The number of hydrogen-bond donors (Lipinski definition) is 3. The Morgan fingerprint density at radius 2 is 2.08 bits per heavy atom. The lowest BCUT2D eigenvalue weighted by atomic mass is 9.96. The number of nitriles is 1. The van der Waals surface area contributed by atoms with E-state index in [1.807, 2.05) is 18.2 Å². The molecule has 0 bridgehead atoms. The molecule has 134 valence electrons. The van der Waals surface area contributed by atoms with Gasteiger partial charge in [0.05, 0.1) is 24.4 Å². The van der Waals surface area contributed by atoms with E-state index in [1.54, 1.807) is 30.3 Å². The number of nitrogens with one attached hydrogen (secondary N) is 3. The van der Waals surface area contributed by atoms with Crippen LogP contribution in [-0.2, 0) is 6.42 Å². The van der Waals surface area contributed by atoms with Gasteiger partial charge in [-0.15, -0.1) is 0 Å². The number of halogens is 1. The Morgan fingerprint density at radius 3 is 2.65 bits per heavy atom. The molecule has 2 aromatic carbocycles. The first-order valence-electron chi connectivity index (χ1n) is 8.21. The summed E-state index contributed by atoms with van der Waals surface area (Å²) in [5.74, 6) is 0.461. The van der Waals surface area contributed by atoms with E-state index in [1.165, 1.54) is 7.11 Å². The fraction of sp³-hybridized carbons (Fsp3) is 0.263. The summed E-state index contributed by atoms with van der Waals surface area (Å²) >= 11 is 0. The highest BCUT2D eigenvalue weighted by atomic mass is 19.1. The lowest BCUT2D eigenvalue weighted by molar-refractivity contribution is 0.158. The highest BCUT2D eigenvalue weighted by Gasteiger charge is 2.29. The molecular weight excluding hydrogens is 335 g/mol. The largest absolute Gasteiger partial charge is 0.495 e. The van der Waals surface area contributed by atoms with Crippen LogP contribution in [0.15, 0.2) is 42.5 Å². The minimum Gasteiger partial charge on any atom is -0.495 e. The molecule has 6 nitrogen and oxygen atoms in total. The van der Waals surface area contributed by atoms with Crippen LogP contribution in [0.5, 0.6) is 5.75 Å². The number of carbonyl (C=O) groups is 1. The van der Waals surface area contributed by atoms with Crippen LogP contribution in [0.25, 0.3) is 0 Å². The highest BCUT2D eigenvalue weighted by molar-refractivity contribution is 6.00. The molecule has 1 aliphatic rings. The SMILES string of the molecule is COc1ccc(C#N)cc1NC(=O)Nc1ccc(C[C@@H]2NC[C@@H]2F)cc1.